The van der Waals surface area contributed by atoms with Crippen molar-refractivity contribution in [1.29, 1.82) is 0 Å². The Balaban J connectivity index is 1.54. The van der Waals surface area contributed by atoms with Crippen LogP contribution in [0.15, 0.2) is 54.9 Å². The number of imidazole rings is 1. The average Bonchev–Trinajstić information content (AvgIpc) is 3.01. The molecule has 0 aliphatic carbocycles. The highest BCUT2D eigenvalue weighted by atomic mass is 16.1. The minimum absolute atomic E-state index is 0.0581. The fourth-order valence-corrected chi connectivity index (χ4v) is 2.53. The van der Waals surface area contributed by atoms with Crippen molar-refractivity contribution < 1.29 is 9.59 Å². The predicted octanol–water partition coefficient (Wildman–Crippen LogP) is 1.84. The molecule has 122 valence electrons. The van der Waals surface area contributed by atoms with Crippen LogP contribution in [0.5, 0.6) is 0 Å². The van der Waals surface area contributed by atoms with Crippen LogP contribution in [0.25, 0.3) is 11.0 Å². The standard InChI is InChI=1S/C18H18N4O2/c19-18(24)14-5-3-4-13(10-14)11-20-17(23)8-9-22-12-21-15-6-1-2-7-16(15)22/h1-7,10,12H,8-9,11H2,(H2,19,24)(H,20,23). The maximum Gasteiger partial charge on any atom is 0.248 e. The molecule has 6 nitrogen and oxygen atoms in total. The van der Waals surface area contributed by atoms with E-state index in [1.54, 1.807) is 24.5 Å². The molecule has 0 radical (unpaired) electrons. The Bertz CT molecular complexity index is 885. The van der Waals surface area contributed by atoms with Crippen molar-refractivity contribution in [2.75, 3.05) is 0 Å². The van der Waals surface area contributed by atoms with Crippen LogP contribution < -0.4 is 11.1 Å². The van der Waals surface area contributed by atoms with Gasteiger partial charge in [-0.15, -0.1) is 0 Å². The third-order valence-corrected chi connectivity index (χ3v) is 3.81. The Morgan fingerprint density at radius 3 is 2.79 bits per heavy atom. The lowest BCUT2D eigenvalue weighted by atomic mass is 10.1. The summed E-state index contributed by atoms with van der Waals surface area (Å²) in [6.45, 7) is 0.929. The first-order valence-electron chi connectivity index (χ1n) is 7.69. The van der Waals surface area contributed by atoms with Gasteiger partial charge < -0.3 is 15.6 Å². The summed E-state index contributed by atoms with van der Waals surface area (Å²) in [6, 6.07) is 14.7. The lowest BCUT2D eigenvalue weighted by Crippen LogP contribution is -2.24. The van der Waals surface area contributed by atoms with Gasteiger partial charge in [0.25, 0.3) is 0 Å². The van der Waals surface area contributed by atoms with E-state index in [2.05, 4.69) is 10.3 Å². The number of amides is 2. The number of benzene rings is 2. The number of nitrogens with one attached hydrogen (secondary N) is 1. The summed E-state index contributed by atoms with van der Waals surface area (Å²) < 4.78 is 1.96. The van der Waals surface area contributed by atoms with Crippen LogP contribution in [0.3, 0.4) is 0 Å². The first-order chi connectivity index (χ1) is 11.6. The first-order valence-corrected chi connectivity index (χ1v) is 7.69. The van der Waals surface area contributed by atoms with Crippen molar-refractivity contribution >= 4 is 22.8 Å². The van der Waals surface area contributed by atoms with Gasteiger partial charge in [0.1, 0.15) is 0 Å². The quantitative estimate of drug-likeness (QED) is 0.725. The molecule has 0 spiro atoms. The number of fused-ring (bicyclic) bond motifs is 1. The first kappa shape index (κ1) is 15.7. The molecule has 24 heavy (non-hydrogen) atoms. The maximum atomic E-state index is 12.0. The Labute approximate surface area is 139 Å². The molecule has 2 amide bonds. The molecular formula is C18H18N4O2. The van der Waals surface area contributed by atoms with Gasteiger partial charge in [-0.05, 0) is 29.8 Å². The zero-order chi connectivity index (χ0) is 16.9. The van der Waals surface area contributed by atoms with E-state index in [-0.39, 0.29) is 5.91 Å². The van der Waals surface area contributed by atoms with E-state index in [1.807, 2.05) is 34.9 Å². The summed E-state index contributed by atoms with van der Waals surface area (Å²) in [4.78, 5) is 27.5. The summed E-state index contributed by atoms with van der Waals surface area (Å²) in [7, 11) is 0. The van der Waals surface area contributed by atoms with Crippen LogP contribution in [-0.2, 0) is 17.9 Å². The fraction of sp³-hybridized carbons (Fsp3) is 0.167. The summed E-state index contributed by atoms with van der Waals surface area (Å²) in [5, 5.41) is 2.85. The predicted molar refractivity (Wildman–Crippen MR) is 91.2 cm³/mol. The molecule has 6 heteroatoms. The highest BCUT2D eigenvalue weighted by Gasteiger charge is 2.06. The van der Waals surface area contributed by atoms with E-state index in [0.29, 0.717) is 25.1 Å². The number of aromatic nitrogens is 2. The molecule has 3 N–H and O–H groups in total. The second kappa shape index (κ2) is 6.95. The van der Waals surface area contributed by atoms with Crippen molar-refractivity contribution in [1.82, 2.24) is 14.9 Å². The largest absolute Gasteiger partial charge is 0.366 e. The van der Waals surface area contributed by atoms with Crippen LogP contribution >= 0.6 is 0 Å². The lowest BCUT2D eigenvalue weighted by Gasteiger charge is -2.07. The molecule has 0 aliphatic heterocycles. The summed E-state index contributed by atoms with van der Waals surface area (Å²) in [5.74, 6) is -0.535. The zero-order valence-electron chi connectivity index (χ0n) is 13.1. The van der Waals surface area contributed by atoms with Crippen LogP contribution in [-0.4, -0.2) is 21.4 Å². The number of hydrogen-bond donors (Lipinski definition) is 2. The van der Waals surface area contributed by atoms with Crippen molar-refractivity contribution in [2.24, 2.45) is 5.73 Å². The monoisotopic (exact) mass is 322 g/mol. The van der Waals surface area contributed by atoms with Crippen LogP contribution in [0.1, 0.15) is 22.3 Å². The fourth-order valence-electron chi connectivity index (χ4n) is 2.53. The third-order valence-electron chi connectivity index (χ3n) is 3.81. The van der Waals surface area contributed by atoms with Crippen LogP contribution in [0.2, 0.25) is 0 Å². The zero-order valence-corrected chi connectivity index (χ0v) is 13.1. The molecule has 0 unspecified atom stereocenters. The minimum Gasteiger partial charge on any atom is -0.366 e. The number of hydrogen-bond acceptors (Lipinski definition) is 3. The van der Waals surface area contributed by atoms with Gasteiger partial charge in [-0.2, -0.15) is 0 Å². The Hall–Kier alpha value is -3.15. The van der Waals surface area contributed by atoms with E-state index in [0.717, 1.165) is 16.6 Å². The molecule has 1 aromatic heterocycles. The van der Waals surface area contributed by atoms with Gasteiger partial charge in [-0.3, -0.25) is 9.59 Å². The number of nitrogens with two attached hydrogens (primary N) is 1. The van der Waals surface area contributed by atoms with Gasteiger partial charge in [0, 0.05) is 25.1 Å². The van der Waals surface area contributed by atoms with E-state index in [9.17, 15) is 9.59 Å². The molecule has 3 rings (SSSR count). The Morgan fingerprint density at radius 1 is 1.12 bits per heavy atom. The van der Waals surface area contributed by atoms with Crippen LogP contribution in [0, 0.1) is 0 Å². The highest BCUT2D eigenvalue weighted by molar-refractivity contribution is 5.92. The van der Waals surface area contributed by atoms with E-state index < -0.39 is 5.91 Å². The number of rotatable bonds is 6. The molecule has 3 aromatic rings. The summed E-state index contributed by atoms with van der Waals surface area (Å²) >= 11 is 0. The van der Waals surface area contributed by atoms with Crippen molar-refractivity contribution in [3.8, 4) is 0 Å². The molecule has 0 aliphatic rings. The number of carbonyl (C=O) groups is 2. The average molecular weight is 322 g/mol. The molecule has 0 bridgehead atoms. The second-order valence-electron chi connectivity index (χ2n) is 5.52. The SMILES string of the molecule is NC(=O)c1cccc(CNC(=O)CCn2cnc3ccccc32)c1. The minimum atomic E-state index is -0.477. The lowest BCUT2D eigenvalue weighted by molar-refractivity contribution is -0.121. The summed E-state index contributed by atoms with van der Waals surface area (Å²) in [6.07, 6.45) is 2.10. The van der Waals surface area contributed by atoms with Gasteiger partial charge >= 0.3 is 0 Å². The maximum absolute atomic E-state index is 12.0. The molecule has 0 atom stereocenters. The van der Waals surface area contributed by atoms with Crippen molar-refractivity contribution in [3.05, 3.63) is 66.0 Å². The molecule has 0 saturated heterocycles. The van der Waals surface area contributed by atoms with Crippen molar-refractivity contribution in [3.63, 3.8) is 0 Å². The van der Waals surface area contributed by atoms with E-state index >= 15 is 0 Å². The third kappa shape index (κ3) is 3.60. The number of aryl methyl sites for hydroxylation is 1. The molecular weight excluding hydrogens is 304 g/mol. The molecule has 0 saturated carbocycles. The molecule has 2 aromatic carbocycles. The van der Waals surface area contributed by atoms with E-state index in [1.165, 1.54) is 0 Å². The van der Waals surface area contributed by atoms with Crippen LogP contribution in [0.4, 0.5) is 0 Å². The topological polar surface area (TPSA) is 90.0 Å². The normalized spacial score (nSPS) is 10.7. The molecule has 1 heterocycles. The number of nitrogens with zero attached hydrogens (tertiary/aromatic N) is 2. The smallest absolute Gasteiger partial charge is 0.248 e. The number of primary amides is 1. The van der Waals surface area contributed by atoms with Gasteiger partial charge in [-0.1, -0.05) is 24.3 Å². The van der Waals surface area contributed by atoms with Gasteiger partial charge in [0.2, 0.25) is 11.8 Å². The van der Waals surface area contributed by atoms with E-state index in [4.69, 9.17) is 5.73 Å². The second-order valence-corrected chi connectivity index (χ2v) is 5.52. The summed E-state index contributed by atoms with van der Waals surface area (Å²) in [5.41, 5.74) is 8.46. The van der Waals surface area contributed by atoms with Gasteiger partial charge in [-0.25, -0.2) is 4.98 Å². The molecule has 0 fully saturated rings. The van der Waals surface area contributed by atoms with Gasteiger partial charge in [0.05, 0.1) is 17.4 Å². The Morgan fingerprint density at radius 2 is 1.96 bits per heavy atom. The Kier molecular flexibility index (Phi) is 4.56. The number of para-hydroxylation sites is 2. The number of carbonyl (C=O) groups excluding carboxylic acids is 2. The highest BCUT2D eigenvalue weighted by Crippen LogP contribution is 2.12. The van der Waals surface area contributed by atoms with Crippen molar-refractivity contribution in [2.45, 2.75) is 19.5 Å². The van der Waals surface area contributed by atoms with Gasteiger partial charge in [0.15, 0.2) is 0 Å².